The first kappa shape index (κ1) is 18.8. The summed E-state index contributed by atoms with van der Waals surface area (Å²) in [7, 11) is 2.14. The van der Waals surface area contributed by atoms with Gasteiger partial charge in [0.05, 0.1) is 16.1 Å². The van der Waals surface area contributed by atoms with Gasteiger partial charge in [-0.25, -0.2) is 14.4 Å². The van der Waals surface area contributed by atoms with Crippen LogP contribution in [-0.2, 0) is 6.42 Å². The number of halogens is 2. The maximum Gasteiger partial charge on any atom is 0.257 e. The van der Waals surface area contributed by atoms with E-state index in [1.54, 1.807) is 12.3 Å². The van der Waals surface area contributed by atoms with Crippen molar-refractivity contribution in [1.29, 1.82) is 0 Å². The Labute approximate surface area is 167 Å². The van der Waals surface area contributed by atoms with Gasteiger partial charge in [0, 0.05) is 24.3 Å². The Balaban J connectivity index is 1.57. The van der Waals surface area contributed by atoms with Crippen LogP contribution in [0.2, 0.25) is 5.02 Å². The van der Waals surface area contributed by atoms with E-state index in [0.29, 0.717) is 28.5 Å². The number of imidazole rings is 1. The quantitative estimate of drug-likeness (QED) is 0.692. The van der Waals surface area contributed by atoms with Gasteiger partial charge in [-0.15, -0.1) is 0 Å². The molecular weight excluding hydrogens is 381 g/mol. The predicted octanol–water partition coefficient (Wildman–Crippen LogP) is 4.03. The molecule has 0 aliphatic carbocycles. The second kappa shape index (κ2) is 7.85. The highest BCUT2D eigenvalue weighted by atomic mass is 35.5. The average molecular weight is 402 g/mol. The number of amides is 1. The Bertz CT molecular complexity index is 1020. The summed E-state index contributed by atoms with van der Waals surface area (Å²) in [5.74, 6) is -0.0387. The fourth-order valence-electron chi connectivity index (χ4n) is 3.64. The molecule has 8 heteroatoms. The largest absolute Gasteiger partial charge is 0.340 e. The van der Waals surface area contributed by atoms with Crippen molar-refractivity contribution in [3.63, 3.8) is 0 Å². The van der Waals surface area contributed by atoms with Crippen LogP contribution in [0.25, 0.3) is 11.2 Å². The molecule has 3 aromatic rings. The number of anilines is 1. The third kappa shape index (κ3) is 3.86. The van der Waals surface area contributed by atoms with Crippen molar-refractivity contribution in [2.75, 3.05) is 18.9 Å². The highest BCUT2D eigenvalue weighted by Crippen LogP contribution is 2.23. The third-order valence-corrected chi connectivity index (χ3v) is 5.50. The lowest BCUT2D eigenvalue weighted by molar-refractivity contribution is 0.102. The number of rotatable bonds is 4. The third-order valence-electron chi connectivity index (χ3n) is 5.21. The van der Waals surface area contributed by atoms with Crippen LogP contribution in [0.5, 0.6) is 0 Å². The zero-order valence-electron chi connectivity index (χ0n) is 15.5. The zero-order chi connectivity index (χ0) is 19.7. The molecule has 4 rings (SSSR count). The number of nitrogens with one attached hydrogen (secondary N) is 2. The van der Waals surface area contributed by atoms with E-state index in [9.17, 15) is 9.18 Å². The lowest BCUT2D eigenvalue weighted by Gasteiger charge is -2.31. The summed E-state index contributed by atoms with van der Waals surface area (Å²) >= 11 is 5.79. The summed E-state index contributed by atoms with van der Waals surface area (Å²) in [6, 6.07) is 6.14. The monoisotopic (exact) mass is 401 g/mol. The van der Waals surface area contributed by atoms with Crippen molar-refractivity contribution in [3.8, 4) is 0 Å². The summed E-state index contributed by atoms with van der Waals surface area (Å²) in [5.41, 5.74) is 1.96. The Morgan fingerprint density at radius 3 is 3.04 bits per heavy atom. The van der Waals surface area contributed by atoms with Gasteiger partial charge in [-0.05, 0) is 50.7 Å². The Kier molecular flexibility index (Phi) is 5.28. The first-order valence-corrected chi connectivity index (χ1v) is 9.69. The fourth-order valence-corrected chi connectivity index (χ4v) is 3.82. The average Bonchev–Trinajstić information content (AvgIpc) is 3.09. The van der Waals surface area contributed by atoms with Crippen molar-refractivity contribution >= 4 is 34.4 Å². The molecule has 1 unspecified atom stereocenters. The number of aromatic amines is 1. The summed E-state index contributed by atoms with van der Waals surface area (Å²) in [5, 5.41) is 2.70. The summed E-state index contributed by atoms with van der Waals surface area (Å²) in [6.07, 6.45) is 5.95. The van der Waals surface area contributed by atoms with Crippen LogP contribution in [-0.4, -0.2) is 45.4 Å². The van der Waals surface area contributed by atoms with Gasteiger partial charge in [-0.3, -0.25) is 4.79 Å². The molecule has 0 saturated carbocycles. The van der Waals surface area contributed by atoms with Crippen LogP contribution in [0, 0.1) is 5.82 Å². The highest BCUT2D eigenvalue weighted by Gasteiger charge is 2.22. The summed E-state index contributed by atoms with van der Waals surface area (Å²) in [4.78, 5) is 27.2. The van der Waals surface area contributed by atoms with E-state index in [1.165, 1.54) is 31.0 Å². The molecule has 2 aromatic heterocycles. The van der Waals surface area contributed by atoms with Gasteiger partial charge in [-0.2, -0.15) is 0 Å². The number of hydrogen-bond acceptors (Lipinski definition) is 4. The Morgan fingerprint density at radius 2 is 2.25 bits per heavy atom. The van der Waals surface area contributed by atoms with Gasteiger partial charge in [0.1, 0.15) is 11.6 Å². The van der Waals surface area contributed by atoms with E-state index in [1.807, 2.05) is 0 Å². The minimum absolute atomic E-state index is 0.0434. The smallest absolute Gasteiger partial charge is 0.257 e. The molecule has 1 saturated heterocycles. The number of H-pyrrole nitrogens is 1. The van der Waals surface area contributed by atoms with Gasteiger partial charge >= 0.3 is 0 Å². The van der Waals surface area contributed by atoms with Crippen LogP contribution >= 0.6 is 11.6 Å². The number of benzene rings is 1. The molecule has 1 fully saturated rings. The lowest BCUT2D eigenvalue weighted by atomic mass is 10.00. The molecule has 6 nitrogen and oxygen atoms in total. The molecule has 1 aliphatic rings. The van der Waals surface area contributed by atoms with Crippen LogP contribution in [0.4, 0.5) is 10.1 Å². The predicted molar refractivity (Wildman–Crippen MR) is 107 cm³/mol. The van der Waals surface area contributed by atoms with Crippen molar-refractivity contribution in [2.24, 2.45) is 0 Å². The van der Waals surface area contributed by atoms with E-state index in [4.69, 9.17) is 11.6 Å². The van der Waals surface area contributed by atoms with Crippen molar-refractivity contribution in [3.05, 3.63) is 52.7 Å². The van der Waals surface area contributed by atoms with Crippen molar-refractivity contribution in [1.82, 2.24) is 19.9 Å². The second-order valence-electron chi connectivity index (χ2n) is 7.16. The molecular formula is C20H21ClFN5O. The van der Waals surface area contributed by atoms with Gasteiger partial charge in [0.2, 0.25) is 0 Å². The number of carbonyl (C=O) groups excluding carboxylic acids is 1. The van der Waals surface area contributed by atoms with E-state index in [-0.39, 0.29) is 10.9 Å². The lowest BCUT2D eigenvalue weighted by Crippen LogP contribution is -2.37. The standard InChI is InChI=1S/C20H21ClFN5O/c1-27-9-3-2-4-13(27)11-17-25-18-14(7-8-23-19(18)26-17)20(28)24-12-5-6-16(22)15(21)10-12/h5-8,10,13H,2-4,9,11H2,1H3,(H,24,28)(H,23,25,26). The minimum atomic E-state index is -0.531. The van der Waals surface area contributed by atoms with Gasteiger partial charge in [0.25, 0.3) is 5.91 Å². The minimum Gasteiger partial charge on any atom is -0.340 e. The Morgan fingerprint density at radius 1 is 1.39 bits per heavy atom. The van der Waals surface area contributed by atoms with E-state index < -0.39 is 5.82 Å². The zero-order valence-corrected chi connectivity index (χ0v) is 16.3. The van der Waals surface area contributed by atoms with Crippen molar-refractivity contribution in [2.45, 2.75) is 31.7 Å². The maximum absolute atomic E-state index is 13.3. The molecule has 0 spiro atoms. The van der Waals surface area contributed by atoms with Crippen LogP contribution in [0.15, 0.2) is 30.5 Å². The molecule has 28 heavy (non-hydrogen) atoms. The molecule has 1 aromatic carbocycles. The number of aromatic nitrogens is 3. The molecule has 1 atom stereocenters. The van der Waals surface area contributed by atoms with Gasteiger partial charge < -0.3 is 15.2 Å². The number of nitrogens with zero attached hydrogens (tertiary/aromatic N) is 3. The number of likely N-dealkylation sites (N-methyl/N-ethyl adjacent to an activating group) is 1. The van der Waals surface area contributed by atoms with E-state index in [0.717, 1.165) is 25.2 Å². The van der Waals surface area contributed by atoms with Gasteiger partial charge in [0.15, 0.2) is 5.65 Å². The number of pyridine rings is 1. The van der Waals surface area contributed by atoms with Crippen LogP contribution in [0.1, 0.15) is 35.4 Å². The molecule has 0 bridgehead atoms. The first-order chi connectivity index (χ1) is 13.5. The van der Waals surface area contributed by atoms with Crippen LogP contribution < -0.4 is 5.32 Å². The number of carbonyl (C=O) groups is 1. The molecule has 1 amide bonds. The number of hydrogen-bond donors (Lipinski definition) is 2. The van der Waals surface area contributed by atoms with E-state index in [2.05, 4.69) is 32.2 Å². The molecule has 0 radical (unpaired) electrons. The number of fused-ring (bicyclic) bond motifs is 1. The fraction of sp³-hybridized carbons (Fsp3) is 0.350. The SMILES string of the molecule is CN1CCCCC1Cc1nc2nccc(C(=O)Nc3ccc(F)c(Cl)c3)c2[nH]1. The summed E-state index contributed by atoms with van der Waals surface area (Å²) in [6.45, 7) is 1.09. The van der Waals surface area contributed by atoms with Crippen molar-refractivity contribution < 1.29 is 9.18 Å². The van der Waals surface area contributed by atoms with Crippen LogP contribution in [0.3, 0.4) is 0 Å². The normalized spacial score (nSPS) is 17.8. The first-order valence-electron chi connectivity index (χ1n) is 9.31. The maximum atomic E-state index is 13.3. The number of piperidine rings is 1. The van der Waals surface area contributed by atoms with Gasteiger partial charge in [-0.1, -0.05) is 18.0 Å². The molecule has 2 N–H and O–H groups in total. The van der Waals surface area contributed by atoms with E-state index >= 15 is 0 Å². The molecule has 1 aliphatic heterocycles. The summed E-state index contributed by atoms with van der Waals surface area (Å²) < 4.78 is 13.3. The Hall–Kier alpha value is -2.51. The topological polar surface area (TPSA) is 73.9 Å². The second-order valence-corrected chi connectivity index (χ2v) is 7.57. The molecule has 146 valence electrons. The molecule has 3 heterocycles. The highest BCUT2D eigenvalue weighted by molar-refractivity contribution is 6.31. The number of likely N-dealkylation sites (tertiary alicyclic amines) is 1.